The lowest BCUT2D eigenvalue weighted by Gasteiger charge is -2.07. The van der Waals surface area contributed by atoms with Crippen molar-refractivity contribution in [2.24, 2.45) is 0 Å². The fraction of sp³-hybridized carbons (Fsp3) is 0.143. The van der Waals surface area contributed by atoms with E-state index >= 15 is 0 Å². The van der Waals surface area contributed by atoms with Crippen molar-refractivity contribution < 1.29 is 14.3 Å². The van der Waals surface area contributed by atoms with Gasteiger partial charge < -0.3 is 15.2 Å². The third kappa shape index (κ3) is 3.73. The number of aromatic nitrogens is 4. The molecule has 0 aliphatic carbocycles. The van der Waals surface area contributed by atoms with Gasteiger partial charge in [-0.25, -0.2) is 14.8 Å². The Bertz CT molecular complexity index is 1150. The first kappa shape index (κ1) is 18.4. The molecule has 8 heteroatoms. The molecule has 2 heterocycles. The van der Waals surface area contributed by atoms with Gasteiger partial charge in [-0.3, -0.25) is 0 Å². The Kier molecular flexibility index (Phi) is 4.82. The Morgan fingerprint density at radius 3 is 2.38 bits per heavy atom. The predicted octanol–water partition coefficient (Wildman–Crippen LogP) is 4.26. The minimum absolute atomic E-state index is 0.234. The maximum Gasteiger partial charge on any atom is 0.436 e. The minimum Gasteiger partial charge on any atom is -0.457 e. The molecule has 29 heavy (non-hydrogen) atoms. The van der Waals surface area contributed by atoms with Crippen LogP contribution in [0.3, 0.4) is 0 Å². The van der Waals surface area contributed by atoms with Gasteiger partial charge in [-0.15, -0.1) is 4.68 Å². The van der Waals surface area contributed by atoms with Crippen LogP contribution in [-0.4, -0.2) is 31.9 Å². The highest BCUT2D eigenvalue weighted by atomic mass is 16.6. The van der Waals surface area contributed by atoms with Crippen molar-refractivity contribution in [3.05, 3.63) is 60.9 Å². The standard InChI is InChI=1S/C21H19N5O3/c1-13(2)28-21(27)26-20-17(19(22)23-12-24-20)18(25-26)14-8-10-16(11-9-14)29-15-6-4-3-5-7-15/h3-13H,1-2H3,(H2,22,23,24). The molecule has 0 bridgehead atoms. The summed E-state index contributed by atoms with van der Waals surface area (Å²) in [6.07, 6.45) is 0.371. The molecule has 0 fully saturated rings. The van der Waals surface area contributed by atoms with E-state index in [1.165, 1.54) is 6.33 Å². The zero-order valence-corrected chi connectivity index (χ0v) is 15.9. The fourth-order valence-corrected chi connectivity index (χ4v) is 2.86. The predicted molar refractivity (Wildman–Crippen MR) is 109 cm³/mol. The van der Waals surface area contributed by atoms with Crippen molar-refractivity contribution in [1.82, 2.24) is 19.7 Å². The second kappa shape index (κ2) is 7.59. The molecule has 4 aromatic rings. The van der Waals surface area contributed by atoms with Crippen molar-refractivity contribution in [2.45, 2.75) is 20.0 Å². The Morgan fingerprint density at radius 1 is 1.00 bits per heavy atom. The van der Waals surface area contributed by atoms with Gasteiger partial charge in [-0.2, -0.15) is 5.10 Å². The zero-order valence-electron chi connectivity index (χ0n) is 15.9. The van der Waals surface area contributed by atoms with Crippen LogP contribution in [0.2, 0.25) is 0 Å². The number of para-hydroxylation sites is 1. The van der Waals surface area contributed by atoms with Gasteiger partial charge in [0.05, 0.1) is 11.5 Å². The van der Waals surface area contributed by atoms with E-state index in [-0.39, 0.29) is 11.9 Å². The van der Waals surface area contributed by atoms with Gasteiger partial charge in [0.1, 0.15) is 29.3 Å². The van der Waals surface area contributed by atoms with Gasteiger partial charge in [0.15, 0.2) is 5.65 Å². The van der Waals surface area contributed by atoms with E-state index in [0.717, 1.165) is 16.0 Å². The highest BCUT2D eigenvalue weighted by molar-refractivity contribution is 6.01. The second-order valence-corrected chi connectivity index (χ2v) is 6.59. The molecule has 0 spiro atoms. The highest BCUT2D eigenvalue weighted by Crippen LogP contribution is 2.32. The molecule has 146 valence electrons. The lowest BCUT2D eigenvalue weighted by molar-refractivity contribution is 0.115. The lowest BCUT2D eigenvalue weighted by atomic mass is 10.1. The van der Waals surface area contributed by atoms with E-state index < -0.39 is 6.09 Å². The minimum atomic E-state index is -0.626. The number of ether oxygens (including phenoxy) is 2. The van der Waals surface area contributed by atoms with Crippen molar-refractivity contribution >= 4 is 22.9 Å². The third-order valence-electron chi connectivity index (χ3n) is 4.11. The number of fused-ring (bicyclic) bond motifs is 1. The molecule has 0 radical (unpaired) electrons. The molecule has 0 aliphatic rings. The van der Waals surface area contributed by atoms with Crippen LogP contribution in [0, 0.1) is 0 Å². The summed E-state index contributed by atoms with van der Waals surface area (Å²) in [7, 11) is 0. The number of carbonyl (C=O) groups excluding carboxylic acids is 1. The van der Waals surface area contributed by atoms with E-state index in [0.29, 0.717) is 22.5 Å². The van der Waals surface area contributed by atoms with Gasteiger partial charge in [0.2, 0.25) is 0 Å². The van der Waals surface area contributed by atoms with Gasteiger partial charge in [-0.05, 0) is 50.2 Å². The number of nitrogen functional groups attached to an aromatic ring is 1. The quantitative estimate of drug-likeness (QED) is 0.556. The van der Waals surface area contributed by atoms with Crippen molar-refractivity contribution in [3.63, 3.8) is 0 Å². The van der Waals surface area contributed by atoms with Gasteiger partial charge in [0, 0.05) is 5.56 Å². The van der Waals surface area contributed by atoms with Crippen LogP contribution < -0.4 is 10.5 Å². The maximum atomic E-state index is 12.4. The normalized spacial score (nSPS) is 11.0. The number of carbonyl (C=O) groups is 1. The van der Waals surface area contributed by atoms with Gasteiger partial charge in [-0.1, -0.05) is 18.2 Å². The summed E-state index contributed by atoms with van der Waals surface area (Å²) < 4.78 is 12.2. The number of nitrogens with zero attached hydrogens (tertiary/aromatic N) is 4. The van der Waals surface area contributed by atoms with Crippen molar-refractivity contribution in [2.75, 3.05) is 5.73 Å². The summed E-state index contributed by atoms with van der Waals surface area (Å²) >= 11 is 0. The topological polar surface area (TPSA) is 105 Å². The van der Waals surface area contributed by atoms with Crippen LogP contribution in [0.1, 0.15) is 13.8 Å². The number of hydrogen-bond acceptors (Lipinski definition) is 7. The molecule has 2 aromatic carbocycles. The van der Waals surface area contributed by atoms with E-state index in [1.807, 2.05) is 54.6 Å². The first-order chi connectivity index (χ1) is 14.0. The molecule has 2 N–H and O–H groups in total. The van der Waals surface area contributed by atoms with Crippen LogP contribution in [0.15, 0.2) is 60.9 Å². The van der Waals surface area contributed by atoms with Crippen LogP contribution in [0.5, 0.6) is 11.5 Å². The van der Waals surface area contributed by atoms with Crippen LogP contribution in [0.25, 0.3) is 22.3 Å². The van der Waals surface area contributed by atoms with Crippen molar-refractivity contribution in [3.8, 4) is 22.8 Å². The Hall–Kier alpha value is -3.94. The molecule has 8 nitrogen and oxygen atoms in total. The average Bonchev–Trinajstić information content (AvgIpc) is 3.10. The van der Waals surface area contributed by atoms with Gasteiger partial charge in [0.25, 0.3) is 0 Å². The summed E-state index contributed by atoms with van der Waals surface area (Å²) in [5.74, 6) is 1.65. The van der Waals surface area contributed by atoms with E-state index in [4.69, 9.17) is 15.2 Å². The Balaban J connectivity index is 1.73. The summed E-state index contributed by atoms with van der Waals surface area (Å²) in [4.78, 5) is 20.7. The summed E-state index contributed by atoms with van der Waals surface area (Å²) in [5, 5.41) is 4.90. The molecule has 0 amide bonds. The Morgan fingerprint density at radius 2 is 1.69 bits per heavy atom. The largest absolute Gasteiger partial charge is 0.457 e. The summed E-state index contributed by atoms with van der Waals surface area (Å²) in [5.41, 5.74) is 7.59. The molecular weight excluding hydrogens is 370 g/mol. The molecule has 0 unspecified atom stereocenters. The Labute approximate surface area is 166 Å². The summed E-state index contributed by atoms with van der Waals surface area (Å²) in [6, 6.07) is 16.8. The molecule has 0 atom stereocenters. The number of anilines is 1. The third-order valence-corrected chi connectivity index (χ3v) is 4.11. The number of hydrogen-bond donors (Lipinski definition) is 1. The number of rotatable bonds is 4. The van der Waals surface area contributed by atoms with Crippen LogP contribution in [-0.2, 0) is 4.74 Å². The van der Waals surface area contributed by atoms with E-state index in [2.05, 4.69) is 15.1 Å². The second-order valence-electron chi connectivity index (χ2n) is 6.59. The molecule has 0 aliphatic heterocycles. The number of nitrogens with two attached hydrogens (primary N) is 1. The maximum absolute atomic E-state index is 12.4. The number of benzene rings is 2. The SMILES string of the molecule is CC(C)OC(=O)n1nc(-c2ccc(Oc3ccccc3)cc2)c2c(N)ncnc21. The van der Waals surface area contributed by atoms with E-state index in [1.54, 1.807) is 13.8 Å². The first-order valence-electron chi connectivity index (χ1n) is 9.06. The highest BCUT2D eigenvalue weighted by Gasteiger charge is 2.22. The van der Waals surface area contributed by atoms with Crippen LogP contribution >= 0.6 is 0 Å². The van der Waals surface area contributed by atoms with Crippen LogP contribution in [0.4, 0.5) is 10.6 Å². The van der Waals surface area contributed by atoms with Gasteiger partial charge >= 0.3 is 6.09 Å². The summed E-state index contributed by atoms with van der Waals surface area (Å²) in [6.45, 7) is 3.53. The molecule has 0 saturated carbocycles. The molecule has 0 saturated heterocycles. The van der Waals surface area contributed by atoms with Crippen molar-refractivity contribution in [1.29, 1.82) is 0 Å². The molecular formula is C21H19N5O3. The molecule has 2 aromatic heterocycles. The zero-order chi connectivity index (χ0) is 20.4. The fourth-order valence-electron chi connectivity index (χ4n) is 2.86. The lowest BCUT2D eigenvalue weighted by Crippen LogP contribution is -2.19. The average molecular weight is 389 g/mol. The smallest absolute Gasteiger partial charge is 0.436 e. The molecule has 4 rings (SSSR count). The van der Waals surface area contributed by atoms with E-state index in [9.17, 15) is 4.79 Å². The monoisotopic (exact) mass is 389 g/mol. The first-order valence-corrected chi connectivity index (χ1v) is 9.06.